The lowest BCUT2D eigenvalue weighted by atomic mass is 10.0. The normalized spacial score (nSPS) is 15.5. The Bertz CT molecular complexity index is 1030. The summed E-state index contributed by atoms with van der Waals surface area (Å²) >= 11 is 0. The van der Waals surface area contributed by atoms with Crippen LogP contribution in [0, 0.1) is 15.9 Å². The van der Waals surface area contributed by atoms with Crippen LogP contribution in [0.4, 0.5) is 15.8 Å². The van der Waals surface area contributed by atoms with Gasteiger partial charge in [0.2, 0.25) is 0 Å². The van der Waals surface area contributed by atoms with E-state index >= 15 is 0 Å². The van der Waals surface area contributed by atoms with Gasteiger partial charge in [-0.3, -0.25) is 14.7 Å². The highest BCUT2D eigenvalue weighted by atomic mass is 19.1. The molecular weight excluding hydrogens is 339 g/mol. The molecule has 8 heteroatoms. The molecule has 134 valence electrons. The molecule has 26 heavy (non-hydrogen) atoms. The molecule has 0 unspecified atom stereocenters. The molecule has 1 fully saturated rings. The van der Waals surface area contributed by atoms with Gasteiger partial charge in [0.25, 0.3) is 5.69 Å². The van der Waals surface area contributed by atoms with Gasteiger partial charge in [0.1, 0.15) is 11.5 Å². The summed E-state index contributed by atoms with van der Waals surface area (Å²) in [7, 11) is 0. The summed E-state index contributed by atoms with van der Waals surface area (Å²) in [5, 5.41) is 11.2. The van der Waals surface area contributed by atoms with E-state index in [9.17, 15) is 19.3 Å². The first-order chi connectivity index (χ1) is 12.5. The molecule has 2 aromatic carbocycles. The summed E-state index contributed by atoms with van der Waals surface area (Å²) in [5.41, 5.74) is 1.71. The van der Waals surface area contributed by atoms with Crippen LogP contribution in [0.1, 0.15) is 18.9 Å². The number of halogens is 1. The Morgan fingerprint density at radius 2 is 1.88 bits per heavy atom. The summed E-state index contributed by atoms with van der Waals surface area (Å²) in [6.07, 6.45) is 1.35. The molecule has 1 N–H and O–H groups in total. The molecule has 3 aromatic rings. The van der Waals surface area contributed by atoms with E-state index < -0.39 is 10.7 Å². The number of para-hydroxylation sites is 2. The second-order valence-corrected chi connectivity index (χ2v) is 6.43. The molecule has 0 bridgehead atoms. The number of aromatic nitrogens is 2. The molecule has 1 aromatic heterocycles. The van der Waals surface area contributed by atoms with E-state index in [1.165, 1.54) is 12.1 Å². The third-order valence-electron chi connectivity index (χ3n) is 4.93. The number of aromatic amines is 1. The van der Waals surface area contributed by atoms with E-state index in [2.05, 4.69) is 4.98 Å². The Morgan fingerprint density at radius 3 is 2.62 bits per heavy atom. The molecule has 1 saturated heterocycles. The quantitative estimate of drug-likeness (QED) is 0.577. The van der Waals surface area contributed by atoms with Crippen LogP contribution in [0.15, 0.2) is 47.3 Å². The molecule has 0 aliphatic carbocycles. The van der Waals surface area contributed by atoms with Crippen LogP contribution in [-0.2, 0) is 0 Å². The Balaban J connectivity index is 1.59. The molecule has 0 radical (unpaired) electrons. The Labute approximate surface area is 147 Å². The third-order valence-corrected chi connectivity index (χ3v) is 4.93. The van der Waals surface area contributed by atoms with Gasteiger partial charge in [-0.15, -0.1) is 0 Å². The van der Waals surface area contributed by atoms with Gasteiger partial charge in [-0.05, 0) is 37.1 Å². The van der Waals surface area contributed by atoms with Crippen molar-refractivity contribution in [3.05, 3.63) is 68.9 Å². The Morgan fingerprint density at radius 1 is 1.15 bits per heavy atom. The van der Waals surface area contributed by atoms with Crippen LogP contribution in [-0.4, -0.2) is 27.6 Å². The SMILES string of the molecule is O=c1[nH]c2ccccc2n1C1CCN(c2ccc(F)cc2[N+](=O)[O-])CC1. The second-order valence-electron chi connectivity index (χ2n) is 6.43. The summed E-state index contributed by atoms with van der Waals surface area (Å²) in [6, 6.07) is 11.2. The van der Waals surface area contributed by atoms with Crippen molar-refractivity contribution in [2.75, 3.05) is 18.0 Å². The van der Waals surface area contributed by atoms with Gasteiger partial charge in [0.05, 0.1) is 22.0 Å². The average molecular weight is 356 g/mol. The van der Waals surface area contributed by atoms with Crippen molar-refractivity contribution in [2.24, 2.45) is 0 Å². The largest absolute Gasteiger partial charge is 0.366 e. The Kier molecular flexibility index (Phi) is 3.95. The number of nitro groups is 1. The number of hydrogen-bond donors (Lipinski definition) is 1. The standard InChI is InChI=1S/C18H17FN4O3/c19-12-5-6-16(17(11-12)23(25)26)21-9-7-13(8-10-21)22-15-4-2-1-3-14(15)20-18(22)24/h1-6,11,13H,7-10H2,(H,20,24). The summed E-state index contributed by atoms with van der Waals surface area (Å²) in [4.78, 5) is 27.7. The summed E-state index contributed by atoms with van der Waals surface area (Å²) < 4.78 is 15.1. The summed E-state index contributed by atoms with van der Waals surface area (Å²) in [6.45, 7) is 1.12. The first kappa shape index (κ1) is 16.3. The minimum atomic E-state index is -0.624. The number of benzene rings is 2. The lowest BCUT2D eigenvalue weighted by Crippen LogP contribution is -2.37. The zero-order valence-corrected chi connectivity index (χ0v) is 13.9. The van der Waals surface area contributed by atoms with Crippen LogP contribution in [0.3, 0.4) is 0 Å². The maximum atomic E-state index is 13.4. The van der Waals surface area contributed by atoms with Crippen molar-refractivity contribution < 1.29 is 9.31 Å². The van der Waals surface area contributed by atoms with Gasteiger partial charge in [-0.2, -0.15) is 0 Å². The monoisotopic (exact) mass is 356 g/mol. The molecule has 0 amide bonds. The highest BCUT2D eigenvalue weighted by Crippen LogP contribution is 2.33. The number of nitro benzene ring substituents is 1. The predicted octanol–water partition coefficient (Wildman–Crippen LogP) is 3.22. The number of rotatable bonds is 3. The van der Waals surface area contributed by atoms with Crippen molar-refractivity contribution >= 4 is 22.4 Å². The molecule has 2 heterocycles. The zero-order chi connectivity index (χ0) is 18.3. The van der Waals surface area contributed by atoms with Gasteiger partial charge in [0.15, 0.2) is 0 Å². The number of fused-ring (bicyclic) bond motifs is 1. The molecule has 4 rings (SSSR count). The fourth-order valence-corrected chi connectivity index (χ4v) is 3.71. The van der Waals surface area contributed by atoms with Gasteiger partial charge in [-0.25, -0.2) is 9.18 Å². The maximum absolute atomic E-state index is 13.4. The van der Waals surface area contributed by atoms with Gasteiger partial charge in [0, 0.05) is 19.1 Å². The zero-order valence-electron chi connectivity index (χ0n) is 13.9. The number of nitrogens with one attached hydrogen (secondary N) is 1. The minimum absolute atomic E-state index is 0.0226. The number of anilines is 1. The van der Waals surface area contributed by atoms with E-state index in [1.807, 2.05) is 29.2 Å². The van der Waals surface area contributed by atoms with E-state index in [1.54, 1.807) is 4.57 Å². The van der Waals surface area contributed by atoms with Crippen LogP contribution in [0.2, 0.25) is 0 Å². The molecule has 0 spiro atoms. The van der Waals surface area contributed by atoms with Crippen LogP contribution in [0.25, 0.3) is 11.0 Å². The molecule has 0 saturated carbocycles. The van der Waals surface area contributed by atoms with Crippen LogP contribution < -0.4 is 10.6 Å². The van der Waals surface area contributed by atoms with E-state index in [0.29, 0.717) is 31.6 Å². The average Bonchev–Trinajstić information content (AvgIpc) is 2.97. The van der Waals surface area contributed by atoms with E-state index in [4.69, 9.17) is 0 Å². The second kappa shape index (κ2) is 6.29. The van der Waals surface area contributed by atoms with Crippen molar-refractivity contribution in [1.29, 1.82) is 0 Å². The van der Waals surface area contributed by atoms with E-state index in [-0.39, 0.29) is 17.4 Å². The van der Waals surface area contributed by atoms with E-state index in [0.717, 1.165) is 17.1 Å². The Hall–Kier alpha value is -3.16. The van der Waals surface area contributed by atoms with Crippen molar-refractivity contribution in [3.8, 4) is 0 Å². The molecular formula is C18H17FN4O3. The maximum Gasteiger partial charge on any atom is 0.326 e. The van der Waals surface area contributed by atoms with Crippen LogP contribution in [0.5, 0.6) is 0 Å². The molecule has 1 aliphatic rings. The van der Waals surface area contributed by atoms with Crippen molar-refractivity contribution in [2.45, 2.75) is 18.9 Å². The summed E-state index contributed by atoms with van der Waals surface area (Å²) in [5.74, 6) is -0.624. The highest BCUT2D eigenvalue weighted by Gasteiger charge is 2.27. The van der Waals surface area contributed by atoms with Crippen molar-refractivity contribution in [1.82, 2.24) is 9.55 Å². The first-order valence-corrected chi connectivity index (χ1v) is 8.43. The first-order valence-electron chi connectivity index (χ1n) is 8.43. The number of nitrogens with zero attached hydrogens (tertiary/aromatic N) is 3. The van der Waals surface area contributed by atoms with Gasteiger partial charge >= 0.3 is 5.69 Å². The number of imidazole rings is 1. The molecule has 0 atom stereocenters. The minimum Gasteiger partial charge on any atom is -0.366 e. The van der Waals surface area contributed by atoms with Gasteiger partial charge in [-0.1, -0.05) is 12.1 Å². The van der Waals surface area contributed by atoms with Gasteiger partial charge < -0.3 is 9.88 Å². The fourth-order valence-electron chi connectivity index (χ4n) is 3.71. The number of H-pyrrole nitrogens is 1. The number of hydrogen-bond acceptors (Lipinski definition) is 4. The van der Waals surface area contributed by atoms with Crippen LogP contribution >= 0.6 is 0 Å². The lowest BCUT2D eigenvalue weighted by molar-refractivity contribution is -0.384. The number of piperidine rings is 1. The fraction of sp³-hybridized carbons (Fsp3) is 0.278. The smallest absolute Gasteiger partial charge is 0.326 e. The topological polar surface area (TPSA) is 84.2 Å². The highest BCUT2D eigenvalue weighted by molar-refractivity contribution is 5.75. The third kappa shape index (κ3) is 2.73. The molecule has 1 aliphatic heterocycles. The lowest BCUT2D eigenvalue weighted by Gasteiger charge is -2.33. The predicted molar refractivity (Wildman–Crippen MR) is 96.1 cm³/mol. The van der Waals surface area contributed by atoms with Crippen molar-refractivity contribution in [3.63, 3.8) is 0 Å². The molecule has 7 nitrogen and oxygen atoms in total.